The van der Waals surface area contributed by atoms with Crippen molar-refractivity contribution < 1.29 is 23.8 Å². The minimum absolute atomic E-state index is 0.0174. The Morgan fingerprint density at radius 3 is 2.75 bits per heavy atom. The van der Waals surface area contributed by atoms with Gasteiger partial charge in [-0.3, -0.25) is 9.80 Å². The van der Waals surface area contributed by atoms with Gasteiger partial charge in [0.2, 0.25) is 0 Å². The second-order valence-corrected chi connectivity index (χ2v) is 14.6. The third-order valence-corrected chi connectivity index (χ3v) is 10.3. The van der Waals surface area contributed by atoms with Crippen LogP contribution < -0.4 is 15.0 Å². The molecule has 0 bridgehead atoms. The number of halogens is 1. The number of thiazole rings is 2. The van der Waals surface area contributed by atoms with Crippen molar-refractivity contribution in [1.82, 2.24) is 25.1 Å². The first-order chi connectivity index (χ1) is 24.7. The number of unbranched alkanes of at least 4 members (excludes halogenated alkanes) is 1. The van der Waals surface area contributed by atoms with Gasteiger partial charge < -0.3 is 19.9 Å². The lowest BCUT2D eigenvalue weighted by molar-refractivity contribution is 0.0547. The molecule has 4 heterocycles. The number of anilines is 4. The first-order valence-corrected chi connectivity index (χ1v) is 18.5. The molecule has 1 unspecified atom stereocenters. The quantitative estimate of drug-likeness (QED) is 0.0888. The Labute approximate surface area is 304 Å². The maximum atomic E-state index is 14.7. The van der Waals surface area contributed by atoms with Gasteiger partial charge in [-0.05, 0) is 70.6 Å². The van der Waals surface area contributed by atoms with E-state index in [1.807, 2.05) is 55.1 Å². The van der Waals surface area contributed by atoms with Crippen LogP contribution in [0.2, 0.25) is 0 Å². The lowest BCUT2D eigenvalue weighted by atomic mass is 9.99. The van der Waals surface area contributed by atoms with Crippen LogP contribution in [0, 0.1) is 24.6 Å². The van der Waals surface area contributed by atoms with Crippen molar-refractivity contribution in [3.8, 4) is 17.6 Å². The van der Waals surface area contributed by atoms with E-state index >= 15 is 0 Å². The number of nitrogens with one attached hydrogen (secondary N) is 1. The fourth-order valence-corrected chi connectivity index (χ4v) is 7.58. The summed E-state index contributed by atoms with van der Waals surface area (Å²) >= 11 is 2.85. The number of aromatic carboxylic acids is 1. The van der Waals surface area contributed by atoms with Crippen molar-refractivity contribution in [2.24, 2.45) is 0 Å². The van der Waals surface area contributed by atoms with Crippen LogP contribution in [0.25, 0.3) is 10.2 Å². The number of aromatic nitrogens is 4. The van der Waals surface area contributed by atoms with Crippen LogP contribution in [0.1, 0.15) is 58.2 Å². The van der Waals surface area contributed by atoms with Crippen LogP contribution in [-0.2, 0) is 17.6 Å². The number of nitrogens with zero attached hydrogens (tertiary/aromatic N) is 6. The zero-order valence-electron chi connectivity index (χ0n) is 29.0. The Bertz CT molecular complexity index is 2040. The highest BCUT2D eigenvalue weighted by Crippen LogP contribution is 2.40. The zero-order chi connectivity index (χ0) is 35.9. The van der Waals surface area contributed by atoms with Gasteiger partial charge in [-0.15, -0.1) is 21.5 Å². The molecule has 6 rings (SSSR count). The maximum Gasteiger partial charge on any atom is 0.355 e. The van der Waals surface area contributed by atoms with Gasteiger partial charge >= 0.3 is 5.97 Å². The van der Waals surface area contributed by atoms with Gasteiger partial charge in [0.25, 0.3) is 0 Å². The van der Waals surface area contributed by atoms with Crippen molar-refractivity contribution in [1.29, 1.82) is 0 Å². The summed E-state index contributed by atoms with van der Waals surface area (Å²) in [6.45, 7) is 5.97. The highest BCUT2D eigenvalue weighted by atomic mass is 32.1. The predicted molar refractivity (Wildman–Crippen MR) is 200 cm³/mol. The van der Waals surface area contributed by atoms with Gasteiger partial charge in [0.05, 0.1) is 36.0 Å². The molecular formula is C37H40FN7O4S2. The molecule has 0 saturated heterocycles. The van der Waals surface area contributed by atoms with Gasteiger partial charge in [0.15, 0.2) is 39.2 Å². The number of para-hydroxylation sites is 1. The SMILES string of the molecule is CCCCOC1Cc2c(nnc(Nc3nc4ccccc4s3)c2C)N(c2nc(C(=O)O)c(CCCOc3ccc(C#CCN(C)C)cc3F)s2)C1. The smallest absolute Gasteiger partial charge is 0.355 e. The van der Waals surface area contributed by atoms with Crippen molar-refractivity contribution in [3.05, 3.63) is 75.5 Å². The average molecular weight is 730 g/mol. The molecule has 3 aromatic heterocycles. The summed E-state index contributed by atoms with van der Waals surface area (Å²) < 4.78 is 27.8. The Hall–Kier alpha value is -4.68. The summed E-state index contributed by atoms with van der Waals surface area (Å²) in [5.41, 5.74) is 3.34. The lowest BCUT2D eigenvalue weighted by Gasteiger charge is -2.34. The van der Waals surface area contributed by atoms with Crippen molar-refractivity contribution >= 4 is 60.8 Å². The fourth-order valence-electron chi connectivity index (χ4n) is 5.61. The van der Waals surface area contributed by atoms with Gasteiger partial charge in [0.1, 0.15) is 0 Å². The average Bonchev–Trinajstić information content (AvgIpc) is 3.73. The third kappa shape index (κ3) is 8.80. The molecule has 2 aromatic carbocycles. The van der Waals surface area contributed by atoms with E-state index in [1.165, 1.54) is 17.4 Å². The molecule has 0 spiro atoms. The number of rotatable bonds is 14. The third-order valence-electron chi connectivity index (χ3n) is 8.25. The molecule has 51 heavy (non-hydrogen) atoms. The summed E-state index contributed by atoms with van der Waals surface area (Å²) in [5.74, 6) is 5.69. The molecule has 0 fully saturated rings. The van der Waals surface area contributed by atoms with Gasteiger partial charge in [-0.25, -0.2) is 19.2 Å². The minimum atomic E-state index is -1.11. The second-order valence-electron chi connectivity index (χ2n) is 12.5. The van der Waals surface area contributed by atoms with Crippen LogP contribution in [0.4, 0.5) is 26.3 Å². The van der Waals surface area contributed by atoms with E-state index < -0.39 is 11.8 Å². The van der Waals surface area contributed by atoms with Crippen LogP contribution in [0.3, 0.4) is 0 Å². The summed E-state index contributed by atoms with van der Waals surface area (Å²) in [4.78, 5) is 26.1. The van der Waals surface area contributed by atoms with E-state index in [9.17, 15) is 14.3 Å². The lowest BCUT2D eigenvalue weighted by Crippen LogP contribution is -2.38. The van der Waals surface area contributed by atoms with Gasteiger partial charge in [-0.2, -0.15) is 0 Å². The minimum Gasteiger partial charge on any atom is -0.491 e. The Morgan fingerprint density at radius 2 is 1.98 bits per heavy atom. The van der Waals surface area contributed by atoms with E-state index in [0.29, 0.717) is 66.2 Å². The van der Waals surface area contributed by atoms with E-state index in [2.05, 4.69) is 39.3 Å². The van der Waals surface area contributed by atoms with Crippen molar-refractivity contribution in [2.45, 2.75) is 52.1 Å². The van der Waals surface area contributed by atoms with Crippen LogP contribution in [0.5, 0.6) is 5.75 Å². The summed E-state index contributed by atoms with van der Waals surface area (Å²) in [7, 11) is 3.83. The van der Waals surface area contributed by atoms with Crippen LogP contribution in [-0.4, -0.2) is 82.6 Å². The Kier molecular flexibility index (Phi) is 11.7. The first-order valence-electron chi connectivity index (χ1n) is 16.9. The summed E-state index contributed by atoms with van der Waals surface area (Å²) in [6, 6.07) is 12.6. The van der Waals surface area contributed by atoms with Gasteiger partial charge in [0, 0.05) is 34.6 Å². The fraction of sp³-hybridized carbons (Fsp3) is 0.378. The number of aryl methyl sites for hydroxylation is 1. The topological polar surface area (TPSA) is 126 Å². The number of ether oxygens (including phenoxy) is 2. The second kappa shape index (κ2) is 16.6. The number of fused-ring (bicyclic) bond motifs is 2. The molecule has 1 atom stereocenters. The molecule has 14 heteroatoms. The van der Waals surface area contributed by atoms with Crippen LogP contribution >= 0.6 is 22.7 Å². The zero-order valence-corrected chi connectivity index (χ0v) is 30.7. The number of hydrogen-bond donors (Lipinski definition) is 2. The molecule has 1 aliphatic heterocycles. The molecule has 2 N–H and O–H groups in total. The number of benzene rings is 2. The normalized spacial score (nSPS) is 14.0. The standard InChI is InChI=1S/C37H40FN7O4S2/c1-5-6-18-48-25-21-26-23(2)33(41-36-39-28-12-7-8-13-30(28)50-36)42-43-34(26)45(22-25)37-40-32(35(46)47)31(51-37)14-10-19-49-29-16-15-24(20-27(29)38)11-9-17-44(3)4/h7-8,12-13,15-16,20,25H,5-6,10,14,17-19,21-22H2,1-4H3,(H,46,47)(H,39,41,42). The maximum absolute atomic E-state index is 14.7. The molecule has 266 valence electrons. The van der Waals surface area contributed by atoms with Crippen molar-refractivity contribution in [3.63, 3.8) is 0 Å². The van der Waals surface area contributed by atoms with E-state index in [0.717, 1.165) is 39.3 Å². The first kappa shape index (κ1) is 36.1. The number of carboxylic acid groups (broad SMARTS) is 1. The Balaban J connectivity index is 1.19. The molecule has 1 aliphatic rings. The van der Waals surface area contributed by atoms with E-state index in [-0.39, 0.29) is 24.2 Å². The molecule has 0 saturated carbocycles. The number of carbonyl (C=O) groups is 1. The highest BCUT2D eigenvalue weighted by molar-refractivity contribution is 7.22. The summed E-state index contributed by atoms with van der Waals surface area (Å²) in [5, 5.41) is 23.9. The van der Waals surface area contributed by atoms with Crippen molar-refractivity contribution in [2.75, 3.05) is 50.6 Å². The highest BCUT2D eigenvalue weighted by Gasteiger charge is 2.33. The largest absolute Gasteiger partial charge is 0.491 e. The van der Waals surface area contributed by atoms with Gasteiger partial charge in [-0.1, -0.05) is 48.7 Å². The Morgan fingerprint density at radius 1 is 1.14 bits per heavy atom. The number of hydrogen-bond acceptors (Lipinski definition) is 12. The van der Waals surface area contributed by atoms with E-state index in [1.54, 1.807) is 23.5 Å². The predicted octanol–water partition coefficient (Wildman–Crippen LogP) is 7.24. The summed E-state index contributed by atoms with van der Waals surface area (Å²) in [6.07, 6.45) is 3.28. The molecule has 0 aliphatic carbocycles. The monoisotopic (exact) mass is 729 g/mol. The van der Waals surface area contributed by atoms with Crippen LogP contribution in [0.15, 0.2) is 42.5 Å². The number of carboxylic acids is 1. The van der Waals surface area contributed by atoms with E-state index in [4.69, 9.17) is 14.5 Å². The molecule has 5 aromatic rings. The molecular weight excluding hydrogens is 690 g/mol. The molecule has 0 amide bonds. The molecule has 11 nitrogen and oxygen atoms in total. The molecule has 0 radical (unpaired) electrons.